The molecule has 1 atom stereocenters. The van der Waals surface area contributed by atoms with E-state index in [4.69, 9.17) is 4.74 Å². The maximum Gasteiger partial charge on any atom is 0.322 e. The van der Waals surface area contributed by atoms with Crippen LogP contribution in [-0.4, -0.2) is 53.9 Å². The van der Waals surface area contributed by atoms with Crippen molar-refractivity contribution in [3.8, 4) is 11.6 Å². The molecular formula is C19H20N4O5S. The fourth-order valence-electron chi connectivity index (χ4n) is 2.58. The van der Waals surface area contributed by atoms with Crippen LogP contribution < -0.4 is 9.46 Å². The number of ether oxygens (including phenoxy) is 1. The fraction of sp³-hybridized carbons (Fsp3) is 0.211. The summed E-state index contributed by atoms with van der Waals surface area (Å²) in [4.78, 5) is 19.8. The molecule has 1 aromatic carbocycles. The molecule has 0 radical (unpaired) electrons. The number of benzene rings is 1. The molecule has 0 amide bonds. The lowest BCUT2D eigenvalue weighted by atomic mass is 10.1. The summed E-state index contributed by atoms with van der Waals surface area (Å²) in [6.07, 6.45) is 4.98. The number of carbonyl (C=O) groups is 1. The lowest BCUT2D eigenvalue weighted by Crippen LogP contribution is -2.47. The predicted octanol–water partition coefficient (Wildman–Crippen LogP) is 1.81. The third kappa shape index (κ3) is 5.05. The van der Waals surface area contributed by atoms with Gasteiger partial charge < -0.3 is 9.84 Å². The molecule has 0 spiro atoms. The first-order chi connectivity index (χ1) is 13.8. The molecule has 2 N–H and O–H groups in total. The summed E-state index contributed by atoms with van der Waals surface area (Å²) >= 11 is 0. The van der Waals surface area contributed by atoms with E-state index in [1.54, 1.807) is 48.9 Å². The summed E-state index contributed by atoms with van der Waals surface area (Å²) in [6, 6.07) is 9.07. The van der Waals surface area contributed by atoms with Gasteiger partial charge in [-0.25, -0.2) is 4.98 Å². The van der Waals surface area contributed by atoms with Gasteiger partial charge in [0.2, 0.25) is 5.88 Å². The molecule has 1 unspecified atom stereocenters. The molecule has 0 aliphatic carbocycles. The third-order valence-electron chi connectivity index (χ3n) is 4.18. The van der Waals surface area contributed by atoms with Crippen molar-refractivity contribution in [3.05, 3.63) is 60.6 Å². The number of nitrogens with one attached hydrogen (secondary N) is 1. The number of hydrogen-bond donors (Lipinski definition) is 2. The Labute approximate surface area is 168 Å². The molecule has 0 saturated carbocycles. The van der Waals surface area contributed by atoms with Gasteiger partial charge in [0.25, 0.3) is 10.2 Å². The van der Waals surface area contributed by atoms with Gasteiger partial charge in [-0.05, 0) is 36.2 Å². The molecule has 9 nitrogen and oxygen atoms in total. The maximum absolute atomic E-state index is 11.9. The zero-order valence-electron chi connectivity index (χ0n) is 15.8. The van der Waals surface area contributed by atoms with Crippen LogP contribution in [0.2, 0.25) is 0 Å². The number of aromatic nitrogens is 2. The van der Waals surface area contributed by atoms with E-state index in [0.29, 0.717) is 17.2 Å². The molecule has 0 bridgehead atoms. The lowest BCUT2D eigenvalue weighted by molar-refractivity contribution is -0.138. The minimum absolute atomic E-state index is 0.0130. The predicted molar refractivity (Wildman–Crippen MR) is 107 cm³/mol. The first-order valence-corrected chi connectivity index (χ1v) is 10.1. The zero-order valence-corrected chi connectivity index (χ0v) is 16.6. The number of rotatable bonds is 8. The van der Waals surface area contributed by atoms with Crippen LogP contribution in [0.25, 0.3) is 10.8 Å². The SMILES string of the molecule is CN(C)S(=O)(=O)NC(Cc1ccc(Oc2nccc3cnccc23)cc1)C(=O)O. The van der Waals surface area contributed by atoms with Crippen molar-refractivity contribution in [1.29, 1.82) is 0 Å². The van der Waals surface area contributed by atoms with E-state index in [0.717, 1.165) is 15.1 Å². The second kappa shape index (κ2) is 8.52. The highest BCUT2D eigenvalue weighted by atomic mass is 32.2. The zero-order chi connectivity index (χ0) is 21.0. The molecule has 2 aromatic heterocycles. The normalized spacial score (nSPS) is 12.8. The smallest absolute Gasteiger partial charge is 0.322 e. The Balaban J connectivity index is 1.74. The first-order valence-electron chi connectivity index (χ1n) is 8.64. The van der Waals surface area contributed by atoms with E-state index >= 15 is 0 Å². The highest BCUT2D eigenvalue weighted by Crippen LogP contribution is 2.27. The Hall–Kier alpha value is -3.08. The molecule has 3 rings (SSSR count). The number of carboxylic acid groups (broad SMARTS) is 1. The van der Waals surface area contributed by atoms with Crippen LogP contribution in [-0.2, 0) is 21.4 Å². The number of aliphatic carboxylic acids is 1. The van der Waals surface area contributed by atoms with Crippen molar-refractivity contribution in [2.24, 2.45) is 0 Å². The summed E-state index contributed by atoms with van der Waals surface area (Å²) in [5.74, 6) is -0.310. The average molecular weight is 416 g/mol. The summed E-state index contributed by atoms with van der Waals surface area (Å²) in [5, 5.41) is 11.1. The molecule has 0 saturated heterocycles. The van der Waals surface area contributed by atoms with Crippen LogP contribution in [0, 0.1) is 0 Å². The van der Waals surface area contributed by atoms with Crippen LogP contribution >= 0.6 is 0 Å². The van der Waals surface area contributed by atoms with Crippen molar-refractivity contribution in [2.45, 2.75) is 12.5 Å². The van der Waals surface area contributed by atoms with Crippen LogP contribution in [0.4, 0.5) is 0 Å². The Kier molecular flexibility index (Phi) is 6.06. The molecule has 0 aliphatic heterocycles. The van der Waals surface area contributed by atoms with Gasteiger partial charge in [-0.3, -0.25) is 9.78 Å². The highest BCUT2D eigenvalue weighted by Gasteiger charge is 2.25. The first kappa shape index (κ1) is 20.6. The second-order valence-corrected chi connectivity index (χ2v) is 8.38. The van der Waals surface area contributed by atoms with E-state index < -0.39 is 22.2 Å². The monoisotopic (exact) mass is 416 g/mol. The van der Waals surface area contributed by atoms with E-state index in [1.807, 2.05) is 6.07 Å². The molecule has 3 aromatic rings. The number of pyridine rings is 2. The van der Waals surface area contributed by atoms with Gasteiger partial charge in [0.15, 0.2) is 0 Å². The molecular weight excluding hydrogens is 396 g/mol. The van der Waals surface area contributed by atoms with E-state index in [-0.39, 0.29) is 6.42 Å². The highest BCUT2D eigenvalue weighted by molar-refractivity contribution is 7.87. The van der Waals surface area contributed by atoms with Crippen LogP contribution in [0.3, 0.4) is 0 Å². The third-order valence-corrected chi connectivity index (χ3v) is 5.72. The molecule has 152 valence electrons. The molecule has 2 heterocycles. The van der Waals surface area contributed by atoms with Crippen molar-refractivity contribution < 1.29 is 23.1 Å². The topological polar surface area (TPSA) is 122 Å². The van der Waals surface area contributed by atoms with Crippen LogP contribution in [0.15, 0.2) is 55.0 Å². The summed E-state index contributed by atoms with van der Waals surface area (Å²) in [5.41, 5.74) is 0.640. The van der Waals surface area contributed by atoms with Gasteiger partial charge in [-0.15, -0.1) is 0 Å². The van der Waals surface area contributed by atoms with Crippen molar-refractivity contribution >= 4 is 27.0 Å². The van der Waals surface area contributed by atoms with Crippen molar-refractivity contribution in [1.82, 2.24) is 19.0 Å². The second-order valence-electron chi connectivity index (χ2n) is 6.46. The summed E-state index contributed by atoms with van der Waals surface area (Å²) in [7, 11) is -1.22. The average Bonchev–Trinajstić information content (AvgIpc) is 2.69. The summed E-state index contributed by atoms with van der Waals surface area (Å²) < 4.78 is 32.8. The van der Waals surface area contributed by atoms with Gasteiger partial charge >= 0.3 is 5.97 Å². The molecule has 10 heteroatoms. The van der Waals surface area contributed by atoms with Gasteiger partial charge in [0.05, 0.1) is 0 Å². The molecule has 0 aliphatic rings. The van der Waals surface area contributed by atoms with E-state index in [1.165, 1.54) is 14.1 Å². The minimum atomic E-state index is -3.87. The van der Waals surface area contributed by atoms with Crippen LogP contribution in [0.5, 0.6) is 11.6 Å². The quantitative estimate of drug-likeness (QED) is 0.574. The number of hydrogen-bond acceptors (Lipinski definition) is 6. The molecule has 29 heavy (non-hydrogen) atoms. The Morgan fingerprint density at radius 2 is 1.90 bits per heavy atom. The minimum Gasteiger partial charge on any atom is -0.480 e. The van der Waals surface area contributed by atoms with Gasteiger partial charge in [0, 0.05) is 43.5 Å². The van der Waals surface area contributed by atoms with Gasteiger partial charge in [-0.2, -0.15) is 17.4 Å². The Morgan fingerprint density at radius 3 is 2.55 bits per heavy atom. The van der Waals surface area contributed by atoms with Crippen molar-refractivity contribution in [2.75, 3.05) is 14.1 Å². The standard InChI is InChI=1S/C19H20N4O5S/c1-23(2)29(26,27)22-17(19(24)25)11-13-3-5-15(6-4-13)28-18-16-8-9-20-12-14(16)7-10-21-18/h3-10,12,17,22H,11H2,1-2H3,(H,24,25). The summed E-state index contributed by atoms with van der Waals surface area (Å²) in [6.45, 7) is 0. The fourth-order valence-corrected chi connectivity index (χ4v) is 3.33. The number of nitrogens with zero attached hydrogens (tertiary/aromatic N) is 3. The maximum atomic E-state index is 11.9. The molecule has 0 fully saturated rings. The van der Waals surface area contributed by atoms with Gasteiger partial charge in [-0.1, -0.05) is 12.1 Å². The van der Waals surface area contributed by atoms with E-state index in [2.05, 4.69) is 14.7 Å². The van der Waals surface area contributed by atoms with Gasteiger partial charge in [0.1, 0.15) is 11.8 Å². The Bertz CT molecular complexity index is 1110. The number of carboxylic acids is 1. The largest absolute Gasteiger partial charge is 0.480 e. The number of fused-ring (bicyclic) bond motifs is 1. The van der Waals surface area contributed by atoms with Crippen LogP contribution in [0.1, 0.15) is 5.56 Å². The van der Waals surface area contributed by atoms with Crippen molar-refractivity contribution in [3.63, 3.8) is 0 Å². The lowest BCUT2D eigenvalue weighted by Gasteiger charge is -2.18. The van der Waals surface area contributed by atoms with E-state index in [9.17, 15) is 18.3 Å². The Morgan fingerprint density at radius 1 is 1.17 bits per heavy atom.